The fourth-order valence-corrected chi connectivity index (χ4v) is 2.37. The topological polar surface area (TPSA) is 55.8 Å². The largest absolute Gasteiger partial charge is 0.507 e. The molecular weight excluding hydrogens is 292 g/mol. The van der Waals surface area contributed by atoms with E-state index < -0.39 is 5.97 Å². The number of phenolic OH excluding ortho intramolecular Hbond substituents is 1. The Kier molecular flexibility index (Phi) is 4.15. The van der Waals surface area contributed by atoms with Crippen LogP contribution in [0.3, 0.4) is 0 Å². The fourth-order valence-electron chi connectivity index (χ4n) is 2.37. The minimum atomic E-state index is -0.569. The average Bonchev–Trinajstić information content (AvgIpc) is 2.59. The molecule has 0 unspecified atom stereocenters. The molecule has 23 heavy (non-hydrogen) atoms. The van der Waals surface area contributed by atoms with E-state index in [0.717, 1.165) is 16.3 Å². The van der Waals surface area contributed by atoms with Crippen LogP contribution in [0.2, 0.25) is 0 Å². The molecule has 3 aromatic carbocycles. The zero-order valence-corrected chi connectivity index (χ0v) is 12.7. The van der Waals surface area contributed by atoms with Gasteiger partial charge in [-0.25, -0.2) is 4.79 Å². The van der Waals surface area contributed by atoms with Gasteiger partial charge in [-0.3, -0.25) is 0 Å². The Morgan fingerprint density at radius 1 is 1.00 bits per heavy atom. The smallest absolute Gasteiger partial charge is 0.341 e. The number of hydrogen-bond donors (Lipinski definition) is 1. The van der Waals surface area contributed by atoms with Crippen molar-refractivity contribution < 1.29 is 19.4 Å². The minimum absolute atomic E-state index is 0.0951. The number of aromatic hydroxyl groups is 1. The van der Waals surface area contributed by atoms with Crippen molar-refractivity contribution in [2.75, 3.05) is 7.11 Å². The highest BCUT2D eigenvalue weighted by molar-refractivity contribution is 5.98. The van der Waals surface area contributed by atoms with Crippen LogP contribution in [0.4, 0.5) is 0 Å². The Balaban J connectivity index is 1.88. The third-order valence-electron chi connectivity index (χ3n) is 3.58. The van der Waals surface area contributed by atoms with Gasteiger partial charge in [0.1, 0.15) is 23.7 Å². The van der Waals surface area contributed by atoms with Crippen LogP contribution in [0, 0.1) is 0 Å². The van der Waals surface area contributed by atoms with Crippen LogP contribution in [-0.4, -0.2) is 18.2 Å². The maximum absolute atomic E-state index is 11.7. The normalized spacial score (nSPS) is 10.5. The molecule has 1 N–H and O–H groups in total. The highest BCUT2D eigenvalue weighted by Crippen LogP contribution is 2.28. The van der Waals surface area contributed by atoms with Crippen molar-refractivity contribution in [1.82, 2.24) is 0 Å². The number of hydrogen-bond acceptors (Lipinski definition) is 4. The SMILES string of the molecule is COC(=O)c1cc2cc(OCc3ccccc3)ccc2cc1O. The molecule has 0 bridgehead atoms. The van der Waals surface area contributed by atoms with E-state index in [1.54, 1.807) is 12.1 Å². The molecule has 0 aliphatic rings. The lowest BCUT2D eigenvalue weighted by molar-refractivity contribution is 0.0597. The lowest BCUT2D eigenvalue weighted by Crippen LogP contribution is -2.01. The quantitative estimate of drug-likeness (QED) is 0.742. The summed E-state index contributed by atoms with van der Waals surface area (Å²) in [5, 5.41) is 11.5. The summed E-state index contributed by atoms with van der Waals surface area (Å²) in [5.41, 5.74) is 1.22. The van der Waals surface area contributed by atoms with E-state index in [1.165, 1.54) is 7.11 Å². The van der Waals surface area contributed by atoms with Gasteiger partial charge in [-0.05, 0) is 40.6 Å². The maximum atomic E-state index is 11.7. The number of fused-ring (bicyclic) bond motifs is 1. The average molecular weight is 308 g/mol. The van der Waals surface area contributed by atoms with Crippen molar-refractivity contribution in [2.45, 2.75) is 6.61 Å². The number of phenols is 1. The number of esters is 1. The minimum Gasteiger partial charge on any atom is -0.507 e. The van der Waals surface area contributed by atoms with Gasteiger partial charge in [0, 0.05) is 0 Å². The first kappa shape index (κ1) is 14.9. The van der Waals surface area contributed by atoms with Crippen molar-refractivity contribution in [1.29, 1.82) is 0 Å². The molecule has 0 saturated heterocycles. The first-order valence-corrected chi connectivity index (χ1v) is 7.19. The molecule has 0 atom stereocenters. The molecular formula is C19H16O4. The maximum Gasteiger partial charge on any atom is 0.341 e. The molecule has 0 aliphatic carbocycles. The van der Waals surface area contributed by atoms with Crippen LogP contribution in [0.25, 0.3) is 10.8 Å². The summed E-state index contributed by atoms with van der Waals surface area (Å²) in [4.78, 5) is 11.7. The first-order valence-electron chi connectivity index (χ1n) is 7.19. The highest BCUT2D eigenvalue weighted by Gasteiger charge is 2.13. The van der Waals surface area contributed by atoms with Gasteiger partial charge >= 0.3 is 5.97 Å². The number of carbonyl (C=O) groups is 1. The molecule has 0 radical (unpaired) electrons. The molecule has 0 aromatic heterocycles. The molecule has 0 heterocycles. The van der Waals surface area contributed by atoms with Crippen LogP contribution in [0.15, 0.2) is 60.7 Å². The van der Waals surface area contributed by atoms with E-state index in [-0.39, 0.29) is 11.3 Å². The molecule has 0 spiro atoms. The van der Waals surface area contributed by atoms with Crippen molar-refractivity contribution in [3.8, 4) is 11.5 Å². The van der Waals surface area contributed by atoms with Gasteiger partial charge in [-0.15, -0.1) is 0 Å². The molecule has 0 saturated carbocycles. The van der Waals surface area contributed by atoms with Crippen LogP contribution in [0.1, 0.15) is 15.9 Å². The van der Waals surface area contributed by atoms with Gasteiger partial charge in [0.2, 0.25) is 0 Å². The van der Waals surface area contributed by atoms with E-state index in [1.807, 2.05) is 48.5 Å². The van der Waals surface area contributed by atoms with Crippen molar-refractivity contribution in [2.24, 2.45) is 0 Å². The Hall–Kier alpha value is -3.01. The number of carbonyl (C=O) groups excluding carboxylic acids is 1. The molecule has 0 amide bonds. The van der Waals surface area contributed by atoms with E-state index in [2.05, 4.69) is 4.74 Å². The van der Waals surface area contributed by atoms with Gasteiger partial charge in [-0.2, -0.15) is 0 Å². The predicted molar refractivity (Wildman–Crippen MR) is 87.7 cm³/mol. The van der Waals surface area contributed by atoms with Crippen molar-refractivity contribution in [3.05, 3.63) is 71.8 Å². The summed E-state index contributed by atoms with van der Waals surface area (Å²) in [7, 11) is 1.28. The summed E-state index contributed by atoms with van der Waals surface area (Å²) in [6, 6.07) is 18.5. The lowest BCUT2D eigenvalue weighted by Gasteiger charge is -2.09. The predicted octanol–water partition coefficient (Wildman–Crippen LogP) is 3.91. The third-order valence-corrected chi connectivity index (χ3v) is 3.58. The molecule has 4 heteroatoms. The van der Waals surface area contributed by atoms with E-state index in [4.69, 9.17) is 4.74 Å². The Labute approximate surface area is 133 Å². The van der Waals surface area contributed by atoms with Gasteiger partial charge in [0.05, 0.1) is 7.11 Å². The fraction of sp³-hybridized carbons (Fsp3) is 0.105. The summed E-state index contributed by atoms with van der Waals surface area (Å²) >= 11 is 0. The summed E-state index contributed by atoms with van der Waals surface area (Å²) in [5.74, 6) is 0.0326. The number of benzene rings is 3. The van der Waals surface area contributed by atoms with Crippen LogP contribution < -0.4 is 4.74 Å². The third kappa shape index (κ3) is 3.26. The Bertz CT molecular complexity index is 841. The second kappa shape index (κ2) is 6.40. The van der Waals surface area contributed by atoms with Crippen LogP contribution in [-0.2, 0) is 11.3 Å². The van der Waals surface area contributed by atoms with Crippen LogP contribution in [0.5, 0.6) is 11.5 Å². The van der Waals surface area contributed by atoms with Crippen LogP contribution >= 0.6 is 0 Å². The second-order valence-corrected chi connectivity index (χ2v) is 5.14. The van der Waals surface area contributed by atoms with Crippen molar-refractivity contribution >= 4 is 16.7 Å². The molecule has 3 aromatic rings. The number of methoxy groups -OCH3 is 1. The van der Waals surface area contributed by atoms with E-state index in [0.29, 0.717) is 12.4 Å². The molecule has 0 fully saturated rings. The summed E-state index contributed by atoms with van der Waals surface area (Å²) in [6.45, 7) is 0.467. The van der Waals surface area contributed by atoms with Gasteiger partial charge in [0.25, 0.3) is 0 Å². The summed E-state index contributed by atoms with van der Waals surface area (Å²) < 4.78 is 10.4. The zero-order chi connectivity index (χ0) is 16.2. The standard InChI is InChI=1S/C19H16O4/c1-22-19(21)17-10-15-9-16(8-7-14(15)11-18(17)20)23-12-13-5-3-2-4-6-13/h2-11,20H,12H2,1H3. The van der Waals surface area contributed by atoms with Gasteiger partial charge < -0.3 is 14.6 Å². The van der Waals surface area contributed by atoms with E-state index >= 15 is 0 Å². The number of rotatable bonds is 4. The lowest BCUT2D eigenvalue weighted by atomic mass is 10.1. The molecule has 3 rings (SSSR count). The first-order chi connectivity index (χ1) is 11.2. The summed E-state index contributed by atoms with van der Waals surface area (Å²) in [6.07, 6.45) is 0. The zero-order valence-electron chi connectivity index (χ0n) is 12.7. The van der Waals surface area contributed by atoms with Gasteiger partial charge in [0.15, 0.2) is 0 Å². The monoisotopic (exact) mass is 308 g/mol. The van der Waals surface area contributed by atoms with Crippen molar-refractivity contribution in [3.63, 3.8) is 0 Å². The molecule has 4 nitrogen and oxygen atoms in total. The molecule has 116 valence electrons. The Morgan fingerprint density at radius 2 is 1.78 bits per heavy atom. The van der Waals surface area contributed by atoms with E-state index in [9.17, 15) is 9.90 Å². The second-order valence-electron chi connectivity index (χ2n) is 5.14. The Morgan fingerprint density at radius 3 is 2.52 bits per heavy atom. The van der Waals surface area contributed by atoms with Gasteiger partial charge in [-0.1, -0.05) is 36.4 Å². The molecule has 0 aliphatic heterocycles. The highest BCUT2D eigenvalue weighted by atomic mass is 16.5. The number of ether oxygens (including phenoxy) is 2.